The highest BCUT2D eigenvalue weighted by atomic mass is 15.3. The van der Waals surface area contributed by atoms with Gasteiger partial charge in [0.1, 0.15) is 0 Å². The molecule has 0 unspecified atom stereocenters. The predicted octanol–water partition coefficient (Wildman–Crippen LogP) is 3.65. The molecule has 0 atom stereocenters. The molecule has 1 N–H and O–H groups in total. The molecule has 4 nitrogen and oxygen atoms in total. The Morgan fingerprint density at radius 1 is 1.25 bits per heavy atom. The van der Waals surface area contributed by atoms with Crippen molar-refractivity contribution >= 4 is 5.69 Å². The molecule has 2 aromatic rings. The van der Waals surface area contributed by atoms with E-state index >= 15 is 0 Å². The molecule has 1 fully saturated rings. The second-order valence-corrected chi connectivity index (χ2v) is 5.63. The number of pyridine rings is 1. The molecule has 1 aliphatic rings. The van der Waals surface area contributed by atoms with Crippen LogP contribution >= 0.6 is 0 Å². The molecule has 3 rings (SSSR count). The fourth-order valence-electron chi connectivity index (χ4n) is 2.96. The fraction of sp³-hybridized carbons (Fsp3) is 0.500. The van der Waals surface area contributed by atoms with Crippen LogP contribution in [-0.4, -0.2) is 20.8 Å². The van der Waals surface area contributed by atoms with E-state index in [0.29, 0.717) is 6.04 Å². The molecule has 0 radical (unpaired) electrons. The fourth-order valence-corrected chi connectivity index (χ4v) is 2.96. The summed E-state index contributed by atoms with van der Waals surface area (Å²) in [4.78, 5) is 4.46. The molecule has 4 heteroatoms. The Morgan fingerprint density at radius 3 is 2.70 bits per heavy atom. The minimum atomic E-state index is 0.607. The standard InChI is InChI=1S/C16H22N4/c1-2-13-4-6-14(7-5-13)19-15-8-9-16(17-12-15)20-11-3-10-18-20/h3,8-14,19H,2,4-7H2,1H3. The van der Waals surface area contributed by atoms with Gasteiger partial charge in [-0.3, -0.25) is 0 Å². The van der Waals surface area contributed by atoms with Crippen LogP contribution in [0.2, 0.25) is 0 Å². The van der Waals surface area contributed by atoms with E-state index in [1.54, 1.807) is 10.9 Å². The zero-order chi connectivity index (χ0) is 13.8. The number of nitrogens with one attached hydrogen (secondary N) is 1. The Labute approximate surface area is 120 Å². The molecule has 1 saturated carbocycles. The van der Waals surface area contributed by atoms with E-state index in [9.17, 15) is 0 Å². The van der Waals surface area contributed by atoms with Crippen LogP contribution in [0.25, 0.3) is 5.82 Å². The Balaban J connectivity index is 1.59. The third-order valence-corrected chi connectivity index (χ3v) is 4.28. The maximum absolute atomic E-state index is 4.46. The Kier molecular flexibility index (Phi) is 4.00. The van der Waals surface area contributed by atoms with Crippen molar-refractivity contribution in [2.24, 2.45) is 5.92 Å². The van der Waals surface area contributed by atoms with Crippen molar-refractivity contribution < 1.29 is 0 Å². The summed E-state index contributed by atoms with van der Waals surface area (Å²) < 4.78 is 1.77. The molecule has 0 spiro atoms. The van der Waals surface area contributed by atoms with E-state index in [1.807, 2.05) is 24.5 Å². The molecule has 0 aromatic carbocycles. The lowest BCUT2D eigenvalue weighted by Gasteiger charge is -2.29. The van der Waals surface area contributed by atoms with Gasteiger partial charge in [-0.15, -0.1) is 0 Å². The van der Waals surface area contributed by atoms with Gasteiger partial charge in [-0.1, -0.05) is 13.3 Å². The minimum Gasteiger partial charge on any atom is -0.381 e. The number of aromatic nitrogens is 3. The smallest absolute Gasteiger partial charge is 0.153 e. The van der Waals surface area contributed by atoms with Gasteiger partial charge in [-0.05, 0) is 49.8 Å². The van der Waals surface area contributed by atoms with E-state index < -0.39 is 0 Å². The zero-order valence-corrected chi connectivity index (χ0v) is 12.0. The number of rotatable bonds is 4. The monoisotopic (exact) mass is 270 g/mol. The van der Waals surface area contributed by atoms with Gasteiger partial charge < -0.3 is 5.32 Å². The van der Waals surface area contributed by atoms with Gasteiger partial charge in [0.25, 0.3) is 0 Å². The van der Waals surface area contributed by atoms with Gasteiger partial charge in [0.05, 0.1) is 11.9 Å². The Bertz CT molecular complexity index is 510. The Hall–Kier alpha value is -1.84. The Morgan fingerprint density at radius 2 is 2.10 bits per heavy atom. The molecule has 2 heterocycles. The third-order valence-electron chi connectivity index (χ3n) is 4.28. The molecule has 1 aliphatic carbocycles. The van der Waals surface area contributed by atoms with Crippen LogP contribution in [-0.2, 0) is 0 Å². The lowest BCUT2D eigenvalue weighted by Crippen LogP contribution is -2.25. The summed E-state index contributed by atoms with van der Waals surface area (Å²) >= 11 is 0. The second kappa shape index (κ2) is 6.07. The van der Waals surface area contributed by atoms with Crippen molar-refractivity contribution in [2.45, 2.75) is 45.1 Å². The second-order valence-electron chi connectivity index (χ2n) is 5.63. The molecule has 2 aromatic heterocycles. The van der Waals surface area contributed by atoms with Crippen molar-refractivity contribution in [1.29, 1.82) is 0 Å². The summed E-state index contributed by atoms with van der Waals surface area (Å²) in [7, 11) is 0. The molecule has 0 aliphatic heterocycles. The average Bonchev–Trinajstić information content (AvgIpc) is 3.03. The van der Waals surface area contributed by atoms with E-state index in [-0.39, 0.29) is 0 Å². The van der Waals surface area contributed by atoms with Gasteiger partial charge in [0.2, 0.25) is 0 Å². The zero-order valence-electron chi connectivity index (χ0n) is 12.0. The lowest BCUT2D eigenvalue weighted by molar-refractivity contribution is 0.330. The molecular weight excluding hydrogens is 248 g/mol. The van der Waals surface area contributed by atoms with Crippen LogP contribution in [0.15, 0.2) is 36.8 Å². The van der Waals surface area contributed by atoms with Crippen LogP contribution in [0.5, 0.6) is 0 Å². The predicted molar refractivity (Wildman–Crippen MR) is 81.0 cm³/mol. The third kappa shape index (κ3) is 3.00. The van der Waals surface area contributed by atoms with E-state index in [0.717, 1.165) is 17.4 Å². The van der Waals surface area contributed by atoms with E-state index in [4.69, 9.17) is 0 Å². The lowest BCUT2D eigenvalue weighted by atomic mass is 9.84. The van der Waals surface area contributed by atoms with Crippen LogP contribution in [0.1, 0.15) is 39.0 Å². The minimum absolute atomic E-state index is 0.607. The number of nitrogens with zero attached hydrogens (tertiary/aromatic N) is 3. The van der Waals surface area contributed by atoms with Gasteiger partial charge in [0.15, 0.2) is 5.82 Å². The van der Waals surface area contributed by atoms with E-state index in [2.05, 4.69) is 28.4 Å². The summed E-state index contributed by atoms with van der Waals surface area (Å²) in [5.74, 6) is 1.80. The topological polar surface area (TPSA) is 42.7 Å². The summed E-state index contributed by atoms with van der Waals surface area (Å²) in [5.41, 5.74) is 1.11. The van der Waals surface area contributed by atoms with Crippen molar-refractivity contribution in [1.82, 2.24) is 14.8 Å². The number of hydrogen-bond acceptors (Lipinski definition) is 3. The summed E-state index contributed by atoms with van der Waals surface area (Å²) in [6, 6.07) is 6.61. The van der Waals surface area contributed by atoms with Crippen LogP contribution in [0, 0.1) is 5.92 Å². The molecule has 0 saturated heterocycles. The van der Waals surface area contributed by atoms with Crippen LogP contribution in [0.4, 0.5) is 5.69 Å². The van der Waals surface area contributed by atoms with E-state index in [1.165, 1.54) is 32.1 Å². The largest absolute Gasteiger partial charge is 0.381 e. The first kappa shape index (κ1) is 13.2. The van der Waals surface area contributed by atoms with Crippen molar-refractivity contribution in [3.63, 3.8) is 0 Å². The molecular formula is C16H22N4. The maximum Gasteiger partial charge on any atom is 0.153 e. The summed E-state index contributed by atoms with van der Waals surface area (Å²) in [6.45, 7) is 2.30. The summed E-state index contributed by atoms with van der Waals surface area (Å²) in [6.07, 6.45) is 12.2. The van der Waals surface area contributed by atoms with Crippen molar-refractivity contribution in [3.8, 4) is 5.82 Å². The maximum atomic E-state index is 4.46. The van der Waals surface area contributed by atoms with Gasteiger partial charge in [-0.2, -0.15) is 5.10 Å². The van der Waals surface area contributed by atoms with Gasteiger partial charge >= 0.3 is 0 Å². The molecule has 20 heavy (non-hydrogen) atoms. The highest BCUT2D eigenvalue weighted by Crippen LogP contribution is 2.28. The molecule has 0 amide bonds. The highest BCUT2D eigenvalue weighted by molar-refractivity contribution is 5.44. The molecule has 106 valence electrons. The average molecular weight is 270 g/mol. The van der Waals surface area contributed by atoms with Gasteiger partial charge in [0, 0.05) is 18.4 Å². The quantitative estimate of drug-likeness (QED) is 0.922. The SMILES string of the molecule is CCC1CCC(Nc2ccc(-n3cccn3)nc2)CC1. The number of anilines is 1. The normalized spacial score (nSPS) is 22.6. The number of hydrogen-bond donors (Lipinski definition) is 1. The molecule has 0 bridgehead atoms. The van der Waals surface area contributed by atoms with Crippen LogP contribution in [0.3, 0.4) is 0 Å². The van der Waals surface area contributed by atoms with Crippen molar-refractivity contribution in [2.75, 3.05) is 5.32 Å². The summed E-state index contributed by atoms with van der Waals surface area (Å²) in [5, 5.41) is 7.79. The first-order valence-electron chi connectivity index (χ1n) is 7.57. The van der Waals surface area contributed by atoms with Gasteiger partial charge in [-0.25, -0.2) is 9.67 Å². The van der Waals surface area contributed by atoms with Crippen LogP contribution < -0.4 is 5.32 Å². The first-order chi connectivity index (χ1) is 9.85. The highest BCUT2D eigenvalue weighted by Gasteiger charge is 2.19. The first-order valence-corrected chi connectivity index (χ1v) is 7.57. The van der Waals surface area contributed by atoms with Crippen molar-refractivity contribution in [3.05, 3.63) is 36.8 Å².